The SMILES string of the molecule is CC(C)C#CC1(CC(C)C)CCOCC1. The van der Waals surface area contributed by atoms with Crippen LogP contribution in [0.1, 0.15) is 47.0 Å². The van der Waals surface area contributed by atoms with Gasteiger partial charge in [-0.25, -0.2) is 0 Å². The number of rotatable bonds is 2. The summed E-state index contributed by atoms with van der Waals surface area (Å²) < 4.78 is 5.45. The third-order valence-electron chi connectivity index (χ3n) is 2.87. The van der Waals surface area contributed by atoms with Gasteiger partial charge in [0.15, 0.2) is 0 Å². The van der Waals surface area contributed by atoms with E-state index in [1.807, 2.05) is 0 Å². The number of hydrogen-bond acceptors (Lipinski definition) is 1. The maximum atomic E-state index is 5.45. The molecule has 0 aromatic carbocycles. The fraction of sp³-hybridized carbons (Fsp3) is 0.857. The van der Waals surface area contributed by atoms with Crippen LogP contribution < -0.4 is 0 Å². The minimum absolute atomic E-state index is 0.247. The highest BCUT2D eigenvalue weighted by atomic mass is 16.5. The number of hydrogen-bond donors (Lipinski definition) is 0. The summed E-state index contributed by atoms with van der Waals surface area (Å²) in [5.41, 5.74) is 0.247. The average Bonchev–Trinajstić information content (AvgIpc) is 2.15. The van der Waals surface area contributed by atoms with Gasteiger partial charge in [-0.05, 0) is 25.2 Å². The van der Waals surface area contributed by atoms with Gasteiger partial charge in [-0.1, -0.05) is 39.5 Å². The Kier molecular flexibility index (Phi) is 4.67. The van der Waals surface area contributed by atoms with Crippen LogP contribution in [0.2, 0.25) is 0 Å². The van der Waals surface area contributed by atoms with Crippen LogP contribution in [0.4, 0.5) is 0 Å². The van der Waals surface area contributed by atoms with Crippen LogP contribution in [0.5, 0.6) is 0 Å². The summed E-state index contributed by atoms with van der Waals surface area (Å²) in [5.74, 6) is 8.10. The van der Waals surface area contributed by atoms with Gasteiger partial charge in [0.25, 0.3) is 0 Å². The van der Waals surface area contributed by atoms with E-state index in [1.54, 1.807) is 0 Å². The van der Waals surface area contributed by atoms with E-state index in [1.165, 1.54) is 6.42 Å². The third kappa shape index (κ3) is 4.26. The van der Waals surface area contributed by atoms with Crippen LogP contribution in [0, 0.1) is 29.1 Å². The second-order valence-corrected chi connectivity index (χ2v) is 5.41. The molecule has 1 saturated heterocycles. The van der Waals surface area contributed by atoms with Gasteiger partial charge in [0.2, 0.25) is 0 Å². The topological polar surface area (TPSA) is 9.23 Å². The number of ether oxygens (including phenoxy) is 1. The summed E-state index contributed by atoms with van der Waals surface area (Å²) in [6.45, 7) is 10.7. The van der Waals surface area contributed by atoms with Crippen molar-refractivity contribution in [3.8, 4) is 11.8 Å². The first kappa shape index (κ1) is 12.6. The van der Waals surface area contributed by atoms with E-state index < -0.39 is 0 Å². The normalized spacial score (nSPS) is 20.1. The molecule has 1 heterocycles. The van der Waals surface area contributed by atoms with Crippen molar-refractivity contribution in [1.29, 1.82) is 0 Å². The first-order valence-electron chi connectivity index (χ1n) is 6.14. The van der Waals surface area contributed by atoms with Crippen LogP contribution in [-0.4, -0.2) is 13.2 Å². The van der Waals surface area contributed by atoms with E-state index in [0.29, 0.717) is 5.92 Å². The summed E-state index contributed by atoms with van der Waals surface area (Å²) in [4.78, 5) is 0. The van der Waals surface area contributed by atoms with Crippen molar-refractivity contribution < 1.29 is 4.74 Å². The zero-order chi connectivity index (χ0) is 11.3. The molecular formula is C14H24O. The molecule has 0 aliphatic carbocycles. The summed E-state index contributed by atoms with van der Waals surface area (Å²) in [5, 5.41) is 0. The molecular weight excluding hydrogens is 184 g/mol. The summed E-state index contributed by atoms with van der Waals surface area (Å²) in [7, 11) is 0. The van der Waals surface area contributed by atoms with Gasteiger partial charge in [0.1, 0.15) is 0 Å². The fourth-order valence-electron chi connectivity index (χ4n) is 2.22. The molecule has 86 valence electrons. The first-order valence-corrected chi connectivity index (χ1v) is 6.14. The van der Waals surface area contributed by atoms with E-state index in [0.717, 1.165) is 32.0 Å². The van der Waals surface area contributed by atoms with Crippen molar-refractivity contribution >= 4 is 0 Å². The van der Waals surface area contributed by atoms with Gasteiger partial charge in [-0.3, -0.25) is 0 Å². The Bertz CT molecular complexity index is 236. The molecule has 1 rings (SSSR count). The van der Waals surface area contributed by atoms with Crippen LogP contribution in [-0.2, 0) is 4.74 Å². The van der Waals surface area contributed by atoms with Crippen molar-refractivity contribution in [3.63, 3.8) is 0 Å². The lowest BCUT2D eigenvalue weighted by molar-refractivity contribution is 0.0327. The monoisotopic (exact) mass is 208 g/mol. The molecule has 1 aliphatic heterocycles. The smallest absolute Gasteiger partial charge is 0.0480 e. The molecule has 0 aromatic rings. The minimum atomic E-state index is 0.247. The molecule has 0 radical (unpaired) electrons. The van der Waals surface area contributed by atoms with Gasteiger partial charge >= 0.3 is 0 Å². The Morgan fingerprint density at radius 3 is 2.20 bits per heavy atom. The largest absolute Gasteiger partial charge is 0.381 e. The zero-order valence-electron chi connectivity index (χ0n) is 10.6. The molecule has 1 fully saturated rings. The van der Waals surface area contributed by atoms with Crippen molar-refractivity contribution in [2.75, 3.05) is 13.2 Å². The molecule has 0 atom stereocenters. The fourth-order valence-corrected chi connectivity index (χ4v) is 2.22. The van der Waals surface area contributed by atoms with Crippen LogP contribution >= 0.6 is 0 Å². The maximum absolute atomic E-state index is 5.45. The summed E-state index contributed by atoms with van der Waals surface area (Å²) in [6.07, 6.45) is 3.45. The first-order chi connectivity index (χ1) is 7.04. The molecule has 1 nitrogen and oxygen atoms in total. The molecule has 0 N–H and O–H groups in total. The van der Waals surface area contributed by atoms with Gasteiger partial charge < -0.3 is 4.74 Å². The van der Waals surface area contributed by atoms with Gasteiger partial charge in [0.05, 0.1) is 0 Å². The predicted molar refractivity (Wildman–Crippen MR) is 64.6 cm³/mol. The molecule has 0 aromatic heterocycles. The maximum Gasteiger partial charge on any atom is 0.0480 e. The Labute approximate surface area is 94.6 Å². The molecule has 0 spiro atoms. The lowest BCUT2D eigenvalue weighted by Gasteiger charge is -2.34. The molecule has 0 bridgehead atoms. The van der Waals surface area contributed by atoms with Crippen LogP contribution in [0.3, 0.4) is 0 Å². The second-order valence-electron chi connectivity index (χ2n) is 5.41. The standard InChI is InChI=1S/C14H24O/c1-12(2)5-6-14(11-13(3)4)7-9-15-10-8-14/h12-13H,7-11H2,1-4H3. The predicted octanol–water partition coefficient (Wildman–Crippen LogP) is 3.49. The summed E-state index contributed by atoms with van der Waals surface area (Å²) >= 11 is 0. The van der Waals surface area contributed by atoms with E-state index >= 15 is 0 Å². The van der Waals surface area contributed by atoms with Crippen LogP contribution in [0.25, 0.3) is 0 Å². The summed E-state index contributed by atoms with van der Waals surface area (Å²) in [6, 6.07) is 0. The van der Waals surface area contributed by atoms with E-state index in [9.17, 15) is 0 Å². The lowest BCUT2D eigenvalue weighted by Crippen LogP contribution is -2.29. The second kappa shape index (κ2) is 5.56. The van der Waals surface area contributed by atoms with Crippen molar-refractivity contribution in [2.24, 2.45) is 17.3 Å². The Hall–Kier alpha value is -0.480. The van der Waals surface area contributed by atoms with Crippen LogP contribution in [0.15, 0.2) is 0 Å². The average molecular weight is 208 g/mol. The minimum Gasteiger partial charge on any atom is -0.381 e. The Balaban J connectivity index is 2.72. The lowest BCUT2D eigenvalue weighted by atomic mass is 9.74. The van der Waals surface area contributed by atoms with Gasteiger partial charge in [-0.2, -0.15) is 0 Å². The van der Waals surface area contributed by atoms with E-state index in [4.69, 9.17) is 4.74 Å². The van der Waals surface area contributed by atoms with Crippen molar-refractivity contribution in [2.45, 2.75) is 47.0 Å². The van der Waals surface area contributed by atoms with E-state index in [-0.39, 0.29) is 5.41 Å². The Morgan fingerprint density at radius 1 is 1.13 bits per heavy atom. The van der Waals surface area contributed by atoms with E-state index in [2.05, 4.69) is 39.5 Å². The van der Waals surface area contributed by atoms with Crippen molar-refractivity contribution in [1.82, 2.24) is 0 Å². The third-order valence-corrected chi connectivity index (χ3v) is 2.87. The molecule has 15 heavy (non-hydrogen) atoms. The highest BCUT2D eigenvalue weighted by Gasteiger charge is 2.31. The molecule has 1 heteroatoms. The van der Waals surface area contributed by atoms with Gasteiger partial charge in [-0.15, -0.1) is 0 Å². The quantitative estimate of drug-likeness (QED) is 0.631. The molecule has 0 saturated carbocycles. The molecule has 0 unspecified atom stereocenters. The van der Waals surface area contributed by atoms with Crippen molar-refractivity contribution in [3.05, 3.63) is 0 Å². The Morgan fingerprint density at radius 2 is 1.73 bits per heavy atom. The molecule has 0 amide bonds. The highest BCUT2D eigenvalue weighted by molar-refractivity contribution is 5.14. The zero-order valence-corrected chi connectivity index (χ0v) is 10.6. The van der Waals surface area contributed by atoms with Gasteiger partial charge in [0, 0.05) is 24.5 Å². The molecule has 1 aliphatic rings. The highest BCUT2D eigenvalue weighted by Crippen LogP contribution is 2.36.